The van der Waals surface area contributed by atoms with Gasteiger partial charge in [-0.2, -0.15) is 0 Å². The topological polar surface area (TPSA) is 101 Å². The van der Waals surface area contributed by atoms with Crippen molar-refractivity contribution >= 4 is 45.3 Å². The van der Waals surface area contributed by atoms with Gasteiger partial charge in [-0.3, -0.25) is 19.5 Å². The van der Waals surface area contributed by atoms with E-state index < -0.39 is 0 Å². The minimum absolute atomic E-state index is 0.195. The summed E-state index contributed by atoms with van der Waals surface area (Å²) in [5.74, 6) is -0.562. The van der Waals surface area contributed by atoms with E-state index in [0.29, 0.717) is 33.4 Å². The minimum Gasteiger partial charge on any atom is -0.355 e. The van der Waals surface area contributed by atoms with Crippen molar-refractivity contribution in [3.63, 3.8) is 0 Å². The van der Waals surface area contributed by atoms with Crippen molar-refractivity contribution in [1.82, 2.24) is 25.1 Å². The zero-order valence-electron chi connectivity index (χ0n) is 20.2. The van der Waals surface area contributed by atoms with Gasteiger partial charge >= 0.3 is 0 Å². The van der Waals surface area contributed by atoms with Crippen LogP contribution in [0.5, 0.6) is 0 Å². The number of hydrogen-bond donors (Lipinski definition) is 1. The van der Waals surface area contributed by atoms with Crippen LogP contribution in [0, 0.1) is 0 Å². The number of pyridine rings is 2. The van der Waals surface area contributed by atoms with Gasteiger partial charge in [0.15, 0.2) is 5.01 Å². The van der Waals surface area contributed by atoms with Crippen LogP contribution in [0.15, 0.2) is 85.7 Å². The number of imide groups is 1. The maximum absolute atomic E-state index is 13.0. The molecule has 9 heteroatoms. The molecule has 0 bridgehead atoms. The molecule has 0 aliphatic carbocycles. The van der Waals surface area contributed by atoms with Crippen molar-refractivity contribution in [3.8, 4) is 10.7 Å². The molecule has 2 aromatic carbocycles. The van der Waals surface area contributed by atoms with Crippen LogP contribution in [0.1, 0.15) is 31.8 Å². The van der Waals surface area contributed by atoms with E-state index in [1.165, 1.54) is 16.2 Å². The summed E-state index contributed by atoms with van der Waals surface area (Å²) in [5, 5.41) is 14.3. The number of carbonyl (C=O) groups is 2. The Labute approximate surface area is 222 Å². The standard InChI is InChI=1S/C29H22N6O2S/c1-2-19-15-30-16-20-12-13-24(32-25(19)20)26-33-34-29(38-26)31-21(14-18-8-4-3-5-9-18)17-35-27(36)22-10-6-7-11-23(22)28(35)37/h2-13,15-16,21H,1,14,17H2,(H,31,34)/t21-/m1/s1. The second-order valence-corrected chi connectivity index (χ2v) is 9.89. The van der Waals surface area contributed by atoms with Gasteiger partial charge in [0.1, 0.15) is 5.69 Å². The van der Waals surface area contributed by atoms with Crippen LogP contribution in [0.4, 0.5) is 5.13 Å². The van der Waals surface area contributed by atoms with E-state index in [1.807, 2.05) is 42.5 Å². The maximum Gasteiger partial charge on any atom is 0.261 e. The van der Waals surface area contributed by atoms with Gasteiger partial charge in [-0.25, -0.2) is 4.98 Å². The van der Waals surface area contributed by atoms with Gasteiger partial charge < -0.3 is 5.32 Å². The number of carbonyl (C=O) groups excluding carboxylic acids is 2. The van der Waals surface area contributed by atoms with Crippen LogP contribution in [-0.4, -0.2) is 49.5 Å². The van der Waals surface area contributed by atoms with Gasteiger partial charge in [-0.1, -0.05) is 66.5 Å². The zero-order chi connectivity index (χ0) is 26.1. The normalized spacial score (nSPS) is 13.5. The second kappa shape index (κ2) is 9.95. The summed E-state index contributed by atoms with van der Waals surface area (Å²) in [4.78, 5) is 36.4. The first kappa shape index (κ1) is 23.6. The molecule has 4 heterocycles. The monoisotopic (exact) mass is 518 g/mol. The van der Waals surface area contributed by atoms with Crippen LogP contribution >= 0.6 is 11.3 Å². The molecule has 1 N–H and O–H groups in total. The van der Waals surface area contributed by atoms with Crippen LogP contribution in [-0.2, 0) is 6.42 Å². The van der Waals surface area contributed by atoms with Gasteiger partial charge in [0.05, 0.1) is 22.7 Å². The van der Waals surface area contributed by atoms with Crippen molar-refractivity contribution < 1.29 is 9.59 Å². The van der Waals surface area contributed by atoms with Gasteiger partial charge in [-0.15, -0.1) is 10.2 Å². The first-order valence-corrected chi connectivity index (χ1v) is 12.9. The summed E-state index contributed by atoms with van der Waals surface area (Å²) in [5.41, 5.74) is 4.28. The molecule has 186 valence electrons. The van der Waals surface area contributed by atoms with Gasteiger partial charge in [0.25, 0.3) is 11.8 Å². The Balaban J connectivity index is 1.27. The molecular weight excluding hydrogens is 496 g/mol. The number of nitrogens with zero attached hydrogens (tertiary/aromatic N) is 5. The van der Waals surface area contributed by atoms with Crippen molar-refractivity contribution in [2.45, 2.75) is 12.5 Å². The number of rotatable bonds is 8. The van der Waals surface area contributed by atoms with Gasteiger partial charge in [0.2, 0.25) is 5.13 Å². The van der Waals surface area contributed by atoms with Crippen molar-refractivity contribution in [2.24, 2.45) is 0 Å². The summed E-state index contributed by atoms with van der Waals surface area (Å²) >= 11 is 1.37. The Hall–Kier alpha value is -4.76. The lowest BCUT2D eigenvalue weighted by Crippen LogP contribution is -2.41. The summed E-state index contributed by atoms with van der Waals surface area (Å²) in [7, 11) is 0. The van der Waals surface area contributed by atoms with Crippen LogP contribution in [0.25, 0.3) is 27.7 Å². The van der Waals surface area contributed by atoms with E-state index in [4.69, 9.17) is 4.98 Å². The van der Waals surface area contributed by atoms with Gasteiger partial charge in [-0.05, 0) is 36.2 Å². The molecule has 0 unspecified atom stereocenters. The summed E-state index contributed by atoms with van der Waals surface area (Å²) in [6.45, 7) is 4.05. The highest BCUT2D eigenvalue weighted by Crippen LogP contribution is 2.29. The third-order valence-electron chi connectivity index (χ3n) is 6.42. The predicted octanol–water partition coefficient (Wildman–Crippen LogP) is 5.11. The number of nitrogens with one attached hydrogen (secondary N) is 1. The lowest BCUT2D eigenvalue weighted by Gasteiger charge is -2.23. The molecule has 6 rings (SSSR count). The van der Waals surface area contributed by atoms with Crippen molar-refractivity contribution in [3.05, 3.63) is 108 Å². The molecule has 0 saturated heterocycles. The molecule has 3 aromatic heterocycles. The second-order valence-electron chi connectivity index (χ2n) is 8.91. The Kier molecular flexibility index (Phi) is 6.19. The highest BCUT2D eigenvalue weighted by Gasteiger charge is 2.36. The fourth-order valence-corrected chi connectivity index (χ4v) is 5.37. The fraction of sp³-hybridized carbons (Fsp3) is 0.103. The van der Waals surface area contributed by atoms with E-state index in [-0.39, 0.29) is 24.4 Å². The smallest absolute Gasteiger partial charge is 0.261 e. The molecule has 5 aromatic rings. The number of hydrogen-bond acceptors (Lipinski definition) is 8. The largest absolute Gasteiger partial charge is 0.355 e. The van der Waals surface area contributed by atoms with E-state index in [0.717, 1.165) is 22.0 Å². The lowest BCUT2D eigenvalue weighted by molar-refractivity contribution is 0.0647. The fourth-order valence-electron chi connectivity index (χ4n) is 4.58. The predicted molar refractivity (Wildman–Crippen MR) is 148 cm³/mol. The molecule has 1 atom stereocenters. The minimum atomic E-state index is -0.281. The molecule has 0 radical (unpaired) electrons. The van der Waals surface area contributed by atoms with Gasteiger partial charge in [0, 0.05) is 29.9 Å². The highest BCUT2D eigenvalue weighted by molar-refractivity contribution is 7.18. The quantitative estimate of drug-likeness (QED) is 0.285. The number of anilines is 1. The Morgan fingerprint density at radius 3 is 2.39 bits per heavy atom. The number of benzene rings is 2. The number of aromatic nitrogens is 4. The number of amides is 2. The Morgan fingerprint density at radius 1 is 0.921 bits per heavy atom. The zero-order valence-corrected chi connectivity index (χ0v) is 21.1. The third kappa shape index (κ3) is 4.44. The average Bonchev–Trinajstić information content (AvgIpc) is 3.52. The molecule has 1 aliphatic heterocycles. The highest BCUT2D eigenvalue weighted by atomic mass is 32.1. The van der Waals surface area contributed by atoms with Crippen molar-refractivity contribution in [1.29, 1.82) is 0 Å². The van der Waals surface area contributed by atoms with Crippen LogP contribution in [0.3, 0.4) is 0 Å². The van der Waals surface area contributed by atoms with E-state index in [1.54, 1.807) is 42.7 Å². The van der Waals surface area contributed by atoms with E-state index >= 15 is 0 Å². The lowest BCUT2D eigenvalue weighted by atomic mass is 10.1. The van der Waals surface area contributed by atoms with E-state index in [9.17, 15) is 9.59 Å². The SMILES string of the molecule is C=Cc1cncc2ccc(-c3nnc(N[C@H](Cc4ccccc4)CN4C(=O)c5ccccc5C4=O)s3)nc12. The maximum atomic E-state index is 13.0. The van der Waals surface area contributed by atoms with Crippen LogP contribution < -0.4 is 5.32 Å². The summed E-state index contributed by atoms with van der Waals surface area (Å²) in [6, 6.07) is 20.4. The molecule has 0 fully saturated rings. The molecule has 1 aliphatic rings. The molecular formula is C29H22N6O2S. The summed E-state index contributed by atoms with van der Waals surface area (Å²) in [6.07, 6.45) is 5.81. The Bertz CT molecular complexity index is 1650. The third-order valence-corrected chi connectivity index (χ3v) is 7.30. The molecule has 38 heavy (non-hydrogen) atoms. The average molecular weight is 519 g/mol. The number of fused-ring (bicyclic) bond motifs is 2. The molecule has 2 amide bonds. The first-order valence-electron chi connectivity index (χ1n) is 12.1. The molecule has 0 saturated carbocycles. The molecule has 8 nitrogen and oxygen atoms in total. The van der Waals surface area contributed by atoms with Crippen molar-refractivity contribution in [2.75, 3.05) is 11.9 Å². The first-order chi connectivity index (χ1) is 18.6. The molecule has 0 spiro atoms. The van der Waals surface area contributed by atoms with E-state index in [2.05, 4.69) is 27.1 Å². The summed E-state index contributed by atoms with van der Waals surface area (Å²) < 4.78 is 0. The van der Waals surface area contributed by atoms with Crippen LogP contribution in [0.2, 0.25) is 0 Å². The Morgan fingerprint density at radius 2 is 1.66 bits per heavy atom.